The van der Waals surface area contributed by atoms with Gasteiger partial charge in [-0.2, -0.15) is 10.4 Å². The lowest BCUT2D eigenvalue weighted by Gasteiger charge is -2.19. The van der Waals surface area contributed by atoms with Crippen LogP contribution < -0.4 is 10.2 Å². The standard InChI is InChI=1S/C20H19N7O2/c1-26-17(19(28)29)11-18(25-26)24-20-22-7-6-15(23-20)13-4-5-16(14(10-13)12-21)27-8-2-3-9-27/h4-7,10-11H,2-3,8-9H2,1H3,(H,28,29)(H,22,23,24,25). The lowest BCUT2D eigenvalue weighted by atomic mass is 10.1. The monoisotopic (exact) mass is 389 g/mol. The average Bonchev–Trinajstić information content (AvgIpc) is 3.37. The lowest BCUT2D eigenvalue weighted by Crippen LogP contribution is -2.18. The maximum absolute atomic E-state index is 11.2. The number of nitriles is 1. The molecule has 1 aliphatic rings. The van der Waals surface area contributed by atoms with Crippen molar-refractivity contribution in [2.24, 2.45) is 7.05 Å². The van der Waals surface area contributed by atoms with E-state index in [1.165, 1.54) is 10.7 Å². The van der Waals surface area contributed by atoms with Crippen LogP contribution in [-0.2, 0) is 7.05 Å². The number of aromatic carboxylic acids is 1. The Hall–Kier alpha value is -3.93. The van der Waals surface area contributed by atoms with E-state index in [0.717, 1.165) is 37.2 Å². The Bertz CT molecular complexity index is 1110. The summed E-state index contributed by atoms with van der Waals surface area (Å²) in [4.78, 5) is 22.1. The van der Waals surface area contributed by atoms with Crippen molar-refractivity contribution in [3.05, 3.63) is 47.8 Å². The number of carboxylic acids is 1. The van der Waals surface area contributed by atoms with Crippen molar-refractivity contribution < 1.29 is 9.90 Å². The molecule has 1 aliphatic heterocycles. The maximum Gasteiger partial charge on any atom is 0.354 e. The van der Waals surface area contributed by atoms with Gasteiger partial charge in [0.05, 0.1) is 16.9 Å². The molecule has 9 heteroatoms. The zero-order valence-corrected chi connectivity index (χ0v) is 15.8. The minimum atomic E-state index is -1.06. The number of benzene rings is 1. The van der Waals surface area contributed by atoms with E-state index < -0.39 is 5.97 Å². The highest BCUT2D eigenvalue weighted by Gasteiger charge is 2.17. The zero-order valence-electron chi connectivity index (χ0n) is 15.8. The van der Waals surface area contributed by atoms with Crippen LogP contribution in [0.15, 0.2) is 36.5 Å². The number of hydrogen-bond donors (Lipinski definition) is 2. The summed E-state index contributed by atoms with van der Waals surface area (Å²) in [5, 5.41) is 25.8. The molecule has 1 aromatic carbocycles. The van der Waals surface area contributed by atoms with Gasteiger partial charge in [-0.25, -0.2) is 14.8 Å². The number of nitrogens with zero attached hydrogens (tertiary/aromatic N) is 6. The van der Waals surface area contributed by atoms with Gasteiger partial charge >= 0.3 is 5.97 Å². The first-order valence-electron chi connectivity index (χ1n) is 9.22. The van der Waals surface area contributed by atoms with Gasteiger partial charge in [0.2, 0.25) is 5.95 Å². The molecule has 0 saturated carbocycles. The third-order valence-corrected chi connectivity index (χ3v) is 4.85. The molecule has 2 aromatic heterocycles. The van der Waals surface area contributed by atoms with Crippen LogP contribution >= 0.6 is 0 Å². The Morgan fingerprint density at radius 3 is 2.72 bits per heavy atom. The highest BCUT2D eigenvalue weighted by atomic mass is 16.4. The third-order valence-electron chi connectivity index (χ3n) is 4.85. The van der Waals surface area contributed by atoms with Crippen LogP contribution in [0.2, 0.25) is 0 Å². The molecule has 0 atom stereocenters. The summed E-state index contributed by atoms with van der Waals surface area (Å²) < 4.78 is 1.27. The van der Waals surface area contributed by atoms with E-state index in [1.807, 2.05) is 18.2 Å². The average molecular weight is 389 g/mol. The van der Waals surface area contributed by atoms with Gasteiger partial charge in [0.25, 0.3) is 0 Å². The van der Waals surface area contributed by atoms with E-state index in [9.17, 15) is 10.1 Å². The largest absolute Gasteiger partial charge is 0.477 e. The topological polar surface area (TPSA) is 120 Å². The predicted octanol–water partition coefficient (Wildman–Crippen LogP) is 2.79. The molecule has 0 unspecified atom stereocenters. The molecular formula is C20H19N7O2. The molecule has 3 heterocycles. The summed E-state index contributed by atoms with van der Waals surface area (Å²) >= 11 is 0. The van der Waals surface area contributed by atoms with Crippen molar-refractivity contribution in [1.29, 1.82) is 5.26 Å². The SMILES string of the molecule is Cn1nc(Nc2nccc(-c3ccc(N4CCCC4)c(C#N)c3)n2)cc1C(=O)O. The number of carbonyl (C=O) groups is 1. The van der Waals surface area contributed by atoms with Gasteiger partial charge in [-0.3, -0.25) is 4.68 Å². The quantitative estimate of drug-likeness (QED) is 0.683. The molecule has 0 aliphatic carbocycles. The predicted molar refractivity (Wildman–Crippen MR) is 107 cm³/mol. The first kappa shape index (κ1) is 18.4. The number of anilines is 3. The van der Waals surface area contributed by atoms with E-state index >= 15 is 0 Å². The molecule has 0 amide bonds. The van der Waals surface area contributed by atoms with Gasteiger partial charge < -0.3 is 15.3 Å². The molecule has 146 valence electrons. The third kappa shape index (κ3) is 3.73. The molecule has 1 fully saturated rings. The zero-order chi connectivity index (χ0) is 20.4. The number of aryl methyl sites for hydroxylation is 1. The fraction of sp³-hybridized carbons (Fsp3) is 0.250. The van der Waals surface area contributed by atoms with E-state index in [4.69, 9.17) is 5.11 Å². The van der Waals surface area contributed by atoms with Crippen LogP contribution in [0.1, 0.15) is 28.9 Å². The number of nitrogens with one attached hydrogen (secondary N) is 1. The Labute approximate surface area is 167 Å². The van der Waals surface area contributed by atoms with Gasteiger partial charge in [-0.15, -0.1) is 0 Å². The second-order valence-corrected chi connectivity index (χ2v) is 6.77. The molecule has 29 heavy (non-hydrogen) atoms. The van der Waals surface area contributed by atoms with Gasteiger partial charge in [0.15, 0.2) is 5.82 Å². The van der Waals surface area contributed by atoms with Crippen molar-refractivity contribution in [1.82, 2.24) is 19.7 Å². The summed E-state index contributed by atoms with van der Waals surface area (Å²) in [5.74, 6) is -0.436. The summed E-state index contributed by atoms with van der Waals surface area (Å²) in [7, 11) is 1.55. The number of hydrogen-bond acceptors (Lipinski definition) is 7. The van der Waals surface area contributed by atoms with Crippen LogP contribution in [0, 0.1) is 11.3 Å². The van der Waals surface area contributed by atoms with E-state index in [1.54, 1.807) is 19.3 Å². The second kappa shape index (κ2) is 7.59. The Kier molecular flexibility index (Phi) is 4.83. The maximum atomic E-state index is 11.2. The van der Waals surface area contributed by atoms with Crippen LogP contribution in [-0.4, -0.2) is 43.9 Å². The molecule has 0 radical (unpaired) electrons. The highest BCUT2D eigenvalue weighted by molar-refractivity contribution is 5.86. The van der Waals surface area contributed by atoms with Crippen LogP contribution in [0.25, 0.3) is 11.3 Å². The van der Waals surface area contributed by atoms with E-state index in [-0.39, 0.29) is 5.69 Å². The Balaban J connectivity index is 1.61. The number of aromatic nitrogens is 4. The van der Waals surface area contributed by atoms with Crippen LogP contribution in [0.5, 0.6) is 0 Å². The van der Waals surface area contributed by atoms with Gasteiger partial charge in [0, 0.05) is 38.0 Å². The molecule has 9 nitrogen and oxygen atoms in total. The van der Waals surface area contributed by atoms with Crippen molar-refractivity contribution in [2.75, 3.05) is 23.3 Å². The summed E-state index contributed by atoms with van der Waals surface area (Å²) in [6, 6.07) is 11.2. The fourth-order valence-corrected chi connectivity index (χ4v) is 3.44. The van der Waals surface area contributed by atoms with E-state index in [0.29, 0.717) is 23.0 Å². The Morgan fingerprint density at radius 1 is 1.24 bits per heavy atom. The molecule has 0 spiro atoms. The van der Waals surface area contributed by atoms with Gasteiger partial charge in [-0.05, 0) is 31.0 Å². The Morgan fingerprint density at radius 2 is 2.03 bits per heavy atom. The molecule has 1 saturated heterocycles. The number of carboxylic acid groups (broad SMARTS) is 1. The van der Waals surface area contributed by atoms with Crippen molar-refractivity contribution in [2.45, 2.75) is 12.8 Å². The molecule has 4 rings (SSSR count). The molecule has 2 N–H and O–H groups in total. The van der Waals surface area contributed by atoms with E-state index in [2.05, 4.69) is 31.4 Å². The van der Waals surface area contributed by atoms with Gasteiger partial charge in [-0.1, -0.05) is 6.07 Å². The lowest BCUT2D eigenvalue weighted by molar-refractivity contribution is 0.0685. The van der Waals surface area contributed by atoms with Crippen molar-refractivity contribution in [3.63, 3.8) is 0 Å². The van der Waals surface area contributed by atoms with Crippen LogP contribution in [0.3, 0.4) is 0 Å². The second-order valence-electron chi connectivity index (χ2n) is 6.77. The smallest absolute Gasteiger partial charge is 0.354 e. The minimum Gasteiger partial charge on any atom is -0.477 e. The first-order valence-corrected chi connectivity index (χ1v) is 9.22. The summed E-state index contributed by atoms with van der Waals surface area (Å²) in [6.07, 6.45) is 3.89. The number of rotatable bonds is 5. The normalized spacial score (nSPS) is 13.3. The summed E-state index contributed by atoms with van der Waals surface area (Å²) in [5.41, 5.74) is 3.09. The van der Waals surface area contributed by atoms with Crippen molar-refractivity contribution >= 4 is 23.4 Å². The summed E-state index contributed by atoms with van der Waals surface area (Å²) in [6.45, 7) is 1.94. The molecular weight excluding hydrogens is 370 g/mol. The van der Waals surface area contributed by atoms with Crippen molar-refractivity contribution in [3.8, 4) is 17.3 Å². The first-order chi connectivity index (χ1) is 14.0. The molecule has 0 bridgehead atoms. The van der Waals surface area contributed by atoms with Crippen LogP contribution in [0.4, 0.5) is 17.5 Å². The minimum absolute atomic E-state index is 0.0554. The van der Waals surface area contributed by atoms with Gasteiger partial charge in [0.1, 0.15) is 11.8 Å². The molecule has 3 aromatic rings. The fourth-order valence-electron chi connectivity index (χ4n) is 3.44. The highest BCUT2D eigenvalue weighted by Crippen LogP contribution is 2.29.